The van der Waals surface area contributed by atoms with Crippen molar-refractivity contribution in [2.24, 2.45) is 11.1 Å². The second kappa shape index (κ2) is 7.23. The fraction of sp³-hybridized carbons (Fsp3) is 0.385. The number of carboxylic acid groups (broad SMARTS) is 1. The lowest BCUT2D eigenvalue weighted by atomic mass is 10.1. The minimum Gasteiger partial charge on any atom is -0.480 e. The van der Waals surface area contributed by atoms with E-state index in [-0.39, 0.29) is 17.4 Å². The van der Waals surface area contributed by atoms with Crippen LogP contribution in [0.3, 0.4) is 0 Å². The highest BCUT2D eigenvalue weighted by Crippen LogP contribution is 2.08. The first kappa shape index (κ1) is 17.9. The van der Waals surface area contributed by atoms with Crippen molar-refractivity contribution in [1.29, 1.82) is 0 Å². The van der Waals surface area contributed by atoms with Gasteiger partial charge in [-0.25, -0.2) is 23.1 Å². The second-order valence-electron chi connectivity index (χ2n) is 5.08. The molecule has 0 heterocycles. The molecule has 1 rings (SSSR count). The average Bonchev–Trinajstić information content (AvgIpc) is 2.41. The summed E-state index contributed by atoms with van der Waals surface area (Å²) >= 11 is 0. The highest BCUT2D eigenvalue weighted by Gasteiger charge is 2.23. The summed E-state index contributed by atoms with van der Waals surface area (Å²) in [5.74, 6) is -1.36. The van der Waals surface area contributed by atoms with E-state index in [1.54, 1.807) is 13.8 Å². The van der Waals surface area contributed by atoms with Crippen LogP contribution in [0.15, 0.2) is 29.2 Å². The molecule has 1 aromatic rings. The summed E-state index contributed by atoms with van der Waals surface area (Å²) in [4.78, 5) is 22.6. The molecule has 9 heteroatoms. The molecular formula is C13H19N3O5S. The lowest BCUT2D eigenvalue weighted by molar-refractivity contribution is -0.140. The van der Waals surface area contributed by atoms with Crippen LogP contribution in [-0.2, 0) is 21.4 Å². The van der Waals surface area contributed by atoms with Gasteiger partial charge in [-0.2, -0.15) is 0 Å². The second-order valence-corrected chi connectivity index (χ2v) is 6.64. The third-order valence-corrected chi connectivity index (χ3v) is 3.85. The summed E-state index contributed by atoms with van der Waals surface area (Å²) in [6, 6.07) is 4.09. The summed E-state index contributed by atoms with van der Waals surface area (Å²) in [6.45, 7) is 3.50. The lowest BCUT2D eigenvalue weighted by Crippen LogP contribution is -2.48. The largest absolute Gasteiger partial charge is 0.480 e. The predicted octanol–water partition coefficient (Wildman–Crippen LogP) is 0.242. The number of rotatable bonds is 6. The van der Waals surface area contributed by atoms with E-state index in [9.17, 15) is 18.0 Å². The molecule has 0 aromatic heterocycles. The van der Waals surface area contributed by atoms with Crippen molar-refractivity contribution in [3.05, 3.63) is 29.8 Å². The van der Waals surface area contributed by atoms with Gasteiger partial charge in [0.1, 0.15) is 6.04 Å². The number of carboxylic acids is 1. The quantitative estimate of drug-likeness (QED) is 0.592. The number of primary sulfonamides is 1. The molecule has 0 aliphatic rings. The van der Waals surface area contributed by atoms with Gasteiger partial charge < -0.3 is 15.7 Å². The number of urea groups is 1. The highest BCUT2D eigenvalue weighted by atomic mass is 32.2. The molecule has 0 radical (unpaired) electrons. The molecule has 0 fully saturated rings. The van der Waals surface area contributed by atoms with Gasteiger partial charge in [0.15, 0.2) is 0 Å². The Kier molecular flexibility index (Phi) is 5.89. The van der Waals surface area contributed by atoms with Gasteiger partial charge in [0.05, 0.1) is 4.90 Å². The van der Waals surface area contributed by atoms with Crippen LogP contribution in [0.2, 0.25) is 0 Å². The molecule has 1 atom stereocenters. The number of aliphatic carboxylic acids is 1. The van der Waals surface area contributed by atoms with Crippen LogP contribution >= 0.6 is 0 Å². The monoisotopic (exact) mass is 329 g/mol. The molecular weight excluding hydrogens is 310 g/mol. The van der Waals surface area contributed by atoms with Crippen molar-refractivity contribution in [1.82, 2.24) is 10.6 Å². The number of carbonyl (C=O) groups excluding carboxylic acids is 1. The van der Waals surface area contributed by atoms with E-state index < -0.39 is 28.1 Å². The zero-order valence-corrected chi connectivity index (χ0v) is 13.1. The van der Waals surface area contributed by atoms with Crippen LogP contribution in [0, 0.1) is 5.92 Å². The fourth-order valence-electron chi connectivity index (χ4n) is 1.69. The molecule has 0 bridgehead atoms. The Hall–Kier alpha value is -2.13. The number of hydrogen-bond acceptors (Lipinski definition) is 4. The lowest BCUT2D eigenvalue weighted by Gasteiger charge is -2.18. The first-order valence-electron chi connectivity index (χ1n) is 6.50. The number of amides is 2. The summed E-state index contributed by atoms with van der Waals surface area (Å²) < 4.78 is 22.2. The van der Waals surface area contributed by atoms with Crippen molar-refractivity contribution in [3.8, 4) is 0 Å². The minimum atomic E-state index is -3.75. The molecule has 1 unspecified atom stereocenters. The van der Waals surface area contributed by atoms with E-state index in [1.807, 2.05) is 0 Å². The third-order valence-electron chi connectivity index (χ3n) is 2.92. The van der Waals surface area contributed by atoms with Crippen LogP contribution in [0.1, 0.15) is 19.4 Å². The molecule has 22 heavy (non-hydrogen) atoms. The maximum Gasteiger partial charge on any atom is 0.326 e. The van der Waals surface area contributed by atoms with E-state index in [1.165, 1.54) is 24.3 Å². The Morgan fingerprint density at radius 3 is 2.18 bits per heavy atom. The summed E-state index contributed by atoms with van der Waals surface area (Å²) in [5, 5.41) is 18.8. The van der Waals surface area contributed by atoms with Gasteiger partial charge >= 0.3 is 12.0 Å². The Morgan fingerprint density at radius 1 is 1.23 bits per heavy atom. The number of hydrogen-bond donors (Lipinski definition) is 4. The molecule has 0 aliphatic heterocycles. The molecule has 1 aromatic carbocycles. The topological polar surface area (TPSA) is 139 Å². The van der Waals surface area contributed by atoms with Crippen LogP contribution in [0.4, 0.5) is 4.79 Å². The standard InChI is InChI=1S/C13H19N3O5S/c1-8(2)11(12(17)18)16-13(19)15-7-9-3-5-10(6-4-9)22(14,20)21/h3-6,8,11H,7H2,1-2H3,(H,17,18)(H2,14,20,21)(H2,15,16,19). The third kappa shape index (κ3) is 5.34. The minimum absolute atomic E-state index is 0.0218. The average molecular weight is 329 g/mol. The van der Waals surface area contributed by atoms with E-state index in [0.29, 0.717) is 5.56 Å². The van der Waals surface area contributed by atoms with Gasteiger partial charge in [0.25, 0.3) is 0 Å². The molecule has 0 saturated heterocycles. The van der Waals surface area contributed by atoms with Crippen molar-refractivity contribution in [2.75, 3.05) is 0 Å². The first-order chi connectivity index (χ1) is 10.1. The maximum absolute atomic E-state index is 11.7. The van der Waals surface area contributed by atoms with E-state index in [0.717, 1.165) is 0 Å². The molecule has 122 valence electrons. The number of nitrogens with two attached hydrogens (primary N) is 1. The van der Waals surface area contributed by atoms with Crippen LogP contribution < -0.4 is 15.8 Å². The van der Waals surface area contributed by atoms with Gasteiger partial charge in [-0.15, -0.1) is 0 Å². The van der Waals surface area contributed by atoms with E-state index >= 15 is 0 Å². The zero-order valence-electron chi connectivity index (χ0n) is 12.2. The number of benzene rings is 1. The van der Waals surface area contributed by atoms with Gasteiger partial charge in [-0.3, -0.25) is 0 Å². The summed E-state index contributed by atoms with van der Waals surface area (Å²) in [5.41, 5.74) is 0.652. The maximum atomic E-state index is 11.7. The normalized spacial score (nSPS) is 12.7. The Balaban J connectivity index is 2.59. The number of carbonyl (C=O) groups is 2. The van der Waals surface area contributed by atoms with Crippen molar-refractivity contribution < 1.29 is 23.1 Å². The molecule has 5 N–H and O–H groups in total. The predicted molar refractivity (Wildman–Crippen MR) is 79.4 cm³/mol. The van der Waals surface area contributed by atoms with Gasteiger partial charge in [0.2, 0.25) is 10.0 Å². The van der Waals surface area contributed by atoms with Gasteiger partial charge in [-0.05, 0) is 23.6 Å². The highest BCUT2D eigenvalue weighted by molar-refractivity contribution is 7.89. The molecule has 2 amide bonds. The van der Waals surface area contributed by atoms with E-state index in [2.05, 4.69) is 10.6 Å². The SMILES string of the molecule is CC(C)C(NC(=O)NCc1ccc(S(N)(=O)=O)cc1)C(=O)O. The zero-order chi connectivity index (χ0) is 16.9. The molecule has 0 saturated carbocycles. The van der Waals surface area contributed by atoms with Gasteiger partial charge in [0, 0.05) is 6.54 Å². The summed E-state index contributed by atoms with van der Waals surface area (Å²) in [6.07, 6.45) is 0. The number of sulfonamides is 1. The smallest absolute Gasteiger partial charge is 0.326 e. The molecule has 8 nitrogen and oxygen atoms in total. The molecule has 0 aliphatic carbocycles. The Labute approximate surface area is 128 Å². The van der Waals surface area contributed by atoms with Gasteiger partial charge in [-0.1, -0.05) is 26.0 Å². The van der Waals surface area contributed by atoms with Crippen molar-refractivity contribution in [2.45, 2.75) is 31.3 Å². The van der Waals surface area contributed by atoms with E-state index in [4.69, 9.17) is 10.2 Å². The van der Waals surface area contributed by atoms with Crippen LogP contribution in [0.5, 0.6) is 0 Å². The summed E-state index contributed by atoms with van der Waals surface area (Å²) in [7, 11) is -3.75. The Bertz CT molecular complexity index is 640. The molecule has 0 spiro atoms. The van der Waals surface area contributed by atoms with Crippen molar-refractivity contribution >= 4 is 22.0 Å². The van der Waals surface area contributed by atoms with Crippen LogP contribution in [0.25, 0.3) is 0 Å². The van der Waals surface area contributed by atoms with Crippen LogP contribution in [-0.4, -0.2) is 31.6 Å². The Morgan fingerprint density at radius 2 is 1.77 bits per heavy atom. The number of nitrogens with one attached hydrogen (secondary N) is 2. The fourth-order valence-corrected chi connectivity index (χ4v) is 2.20. The first-order valence-corrected chi connectivity index (χ1v) is 8.05. The van der Waals surface area contributed by atoms with Crippen molar-refractivity contribution in [3.63, 3.8) is 0 Å².